The van der Waals surface area contributed by atoms with E-state index in [0.29, 0.717) is 38.7 Å². The first-order valence-electron chi connectivity index (χ1n) is 10.0. The third kappa shape index (κ3) is 8.68. The molecular formula is C19H33N3O7. The number of likely N-dealkylation sites (tertiary alicyclic amines) is 1. The first-order chi connectivity index (χ1) is 13.6. The number of carboxylic acids is 2. The fourth-order valence-electron chi connectivity index (χ4n) is 3.46. The molecule has 2 N–H and O–H groups in total. The molecular weight excluding hydrogens is 382 g/mol. The van der Waals surface area contributed by atoms with Crippen molar-refractivity contribution in [1.29, 1.82) is 0 Å². The van der Waals surface area contributed by atoms with Crippen LogP contribution in [0.5, 0.6) is 0 Å². The number of carboxylic acid groups (broad SMARTS) is 2. The van der Waals surface area contributed by atoms with Crippen LogP contribution in [0.3, 0.4) is 0 Å². The van der Waals surface area contributed by atoms with Gasteiger partial charge in [0.25, 0.3) is 0 Å². The number of piperazine rings is 1. The minimum absolute atomic E-state index is 0.160. The van der Waals surface area contributed by atoms with Crippen molar-refractivity contribution < 1.29 is 34.1 Å². The van der Waals surface area contributed by atoms with Gasteiger partial charge >= 0.3 is 18.0 Å². The van der Waals surface area contributed by atoms with Crippen molar-refractivity contribution in [2.24, 2.45) is 11.8 Å². The Labute approximate surface area is 171 Å². The molecule has 0 aliphatic carbocycles. The van der Waals surface area contributed by atoms with Crippen LogP contribution in [-0.2, 0) is 19.1 Å². The van der Waals surface area contributed by atoms with E-state index in [2.05, 4.69) is 18.7 Å². The van der Waals surface area contributed by atoms with E-state index < -0.39 is 11.9 Å². The van der Waals surface area contributed by atoms with Crippen LogP contribution in [-0.4, -0.2) is 101 Å². The maximum Gasteiger partial charge on any atom is 0.414 e. The summed E-state index contributed by atoms with van der Waals surface area (Å²) < 4.78 is 5.01. The second-order valence-corrected chi connectivity index (χ2v) is 7.59. The Morgan fingerprint density at radius 1 is 0.897 bits per heavy atom. The summed E-state index contributed by atoms with van der Waals surface area (Å²) in [5, 5.41) is 14.8. The zero-order valence-corrected chi connectivity index (χ0v) is 17.5. The molecule has 2 saturated heterocycles. The van der Waals surface area contributed by atoms with Crippen molar-refractivity contribution in [1.82, 2.24) is 14.7 Å². The van der Waals surface area contributed by atoms with E-state index in [9.17, 15) is 9.59 Å². The number of nitrogens with zero attached hydrogens (tertiary/aromatic N) is 3. The molecule has 10 heteroatoms. The number of aliphatic carboxylic acids is 2. The average Bonchev–Trinajstić information content (AvgIpc) is 2.68. The highest BCUT2D eigenvalue weighted by Crippen LogP contribution is 2.21. The van der Waals surface area contributed by atoms with Crippen LogP contribution in [0.1, 0.15) is 33.6 Å². The molecule has 0 unspecified atom stereocenters. The summed E-state index contributed by atoms with van der Waals surface area (Å²) in [7, 11) is 0. The molecule has 0 aromatic rings. The van der Waals surface area contributed by atoms with Gasteiger partial charge in [0, 0.05) is 38.6 Å². The molecule has 0 saturated carbocycles. The maximum absolute atomic E-state index is 12.7. The molecule has 10 nitrogen and oxygen atoms in total. The first-order valence-corrected chi connectivity index (χ1v) is 10.0. The monoisotopic (exact) mass is 415 g/mol. The van der Waals surface area contributed by atoms with Gasteiger partial charge in [0.15, 0.2) is 0 Å². The summed E-state index contributed by atoms with van der Waals surface area (Å²) >= 11 is 0. The maximum atomic E-state index is 12.7. The summed E-state index contributed by atoms with van der Waals surface area (Å²) in [6.07, 6.45) is 1.66. The lowest BCUT2D eigenvalue weighted by Gasteiger charge is -2.38. The molecule has 2 aliphatic heterocycles. The molecule has 166 valence electrons. The molecule has 2 aliphatic rings. The highest BCUT2D eigenvalue weighted by molar-refractivity contribution is 6.27. The van der Waals surface area contributed by atoms with Crippen molar-refractivity contribution in [2.75, 3.05) is 52.4 Å². The Kier molecular flexibility index (Phi) is 10.4. The molecule has 2 rings (SSSR count). The highest BCUT2D eigenvalue weighted by atomic mass is 16.6. The van der Waals surface area contributed by atoms with E-state index in [-0.39, 0.29) is 17.9 Å². The lowest BCUT2D eigenvalue weighted by molar-refractivity contribution is -0.159. The molecule has 0 bridgehead atoms. The lowest BCUT2D eigenvalue weighted by Crippen LogP contribution is -2.53. The molecule has 0 spiro atoms. The van der Waals surface area contributed by atoms with Crippen molar-refractivity contribution in [3.05, 3.63) is 0 Å². The highest BCUT2D eigenvalue weighted by Gasteiger charge is 2.31. The van der Waals surface area contributed by atoms with Crippen LogP contribution in [0.4, 0.5) is 4.79 Å². The molecule has 29 heavy (non-hydrogen) atoms. The molecule has 2 heterocycles. The van der Waals surface area contributed by atoms with Crippen LogP contribution < -0.4 is 0 Å². The average molecular weight is 415 g/mol. The third-order valence-electron chi connectivity index (χ3n) is 4.86. The zero-order chi connectivity index (χ0) is 22.0. The molecule has 2 amide bonds. The minimum Gasteiger partial charge on any atom is -0.473 e. The lowest BCUT2D eigenvalue weighted by atomic mass is 9.94. The number of carbonyl (C=O) groups is 4. The second kappa shape index (κ2) is 12.3. The smallest absolute Gasteiger partial charge is 0.414 e. The Morgan fingerprint density at radius 2 is 1.38 bits per heavy atom. The van der Waals surface area contributed by atoms with Crippen molar-refractivity contribution in [3.63, 3.8) is 0 Å². The molecule has 0 radical (unpaired) electrons. The van der Waals surface area contributed by atoms with Crippen molar-refractivity contribution in [3.8, 4) is 0 Å². The Hall–Kier alpha value is -2.36. The molecule has 2 fully saturated rings. The van der Waals surface area contributed by atoms with Crippen LogP contribution in [0.2, 0.25) is 0 Å². The van der Waals surface area contributed by atoms with E-state index in [4.69, 9.17) is 24.5 Å². The van der Waals surface area contributed by atoms with Crippen LogP contribution in [0, 0.1) is 11.8 Å². The zero-order valence-electron chi connectivity index (χ0n) is 17.5. The summed E-state index contributed by atoms with van der Waals surface area (Å²) in [5.74, 6) is -2.53. The van der Waals surface area contributed by atoms with E-state index in [1.54, 1.807) is 4.90 Å². The van der Waals surface area contributed by atoms with Gasteiger partial charge in [-0.3, -0.25) is 4.79 Å². The number of ether oxygens (including phenoxy) is 1. The standard InChI is InChI=1S/C17H31N3O3.C2H2O4/c1-4-23-17(22)20-11-9-19(10-12-20)16(21)15-5-7-18(8-6-15)13-14(2)3;3-1(4)2(5)6/h14-15H,4-13H2,1-3H3;(H,3,4)(H,5,6). The van der Waals surface area contributed by atoms with Crippen molar-refractivity contribution >= 4 is 23.9 Å². The molecule has 0 aromatic carbocycles. The van der Waals surface area contributed by atoms with Gasteiger partial charge in [-0.25, -0.2) is 14.4 Å². The summed E-state index contributed by atoms with van der Waals surface area (Å²) in [6, 6.07) is 0. The fraction of sp³-hybridized carbons (Fsp3) is 0.789. The van der Waals surface area contributed by atoms with Crippen LogP contribution in [0.15, 0.2) is 0 Å². The number of hydrogen-bond donors (Lipinski definition) is 2. The van der Waals surface area contributed by atoms with Crippen LogP contribution >= 0.6 is 0 Å². The number of piperidine rings is 1. The number of amides is 2. The van der Waals surface area contributed by atoms with Gasteiger partial charge in [-0.2, -0.15) is 0 Å². The molecule has 0 aromatic heterocycles. The van der Waals surface area contributed by atoms with Gasteiger partial charge in [0.2, 0.25) is 5.91 Å². The summed E-state index contributed by atoms with van der Waals surface area (Å²) in [5.41, 5.74) is 0. The Bertz CT molecular complexity index is 554. The quantitative estimate of drug-likeness (QED) is 0.646. The first kappa shape index (κ1) is 24.7. The third-order valence-corrected chi connectivity index (χ3v) is 4.86. The molecule has 0 atom stereocenters. The fourth-order valence-corrected chi connectivity index (χ4v) is 3.46. The van der Waals surface area contributed by atoms with Gasteiger partial charge in [-0.05, 0) is 38.8 Å². The topological polar surface area (TPSA) is 128 Å². The Morgan fingerprint density at radius 3 is 1.79 bits per heavy atom. The van der Waals surface area contributed by atoms with E-state index in [1.165, 1.54) is 0 Å². The van der Waals surface area contributed by atoms with Gasteiger partial charge in [0.1, 0.15) is 0 Å². The van der Waals surface area contributed by atoms with Crippen molar-refractivity contribution in [2.45, 2.75) is 33.6 Å². The van der Waals surface area contributed by atoms with Crippen LogP contribution in [0.25, 0.3) is 0 Å². The predicted molar refractivity (Wildman–Crippen MR) is 104 cm³/mol. The van der Waals surface area contributed by atoms with Gasteiger partial charge < -0.3 is 29.6 Å². The summed E-state index contributed by atoms with van der Waals surface area (Å²) in [4.78, 5) is 48.6. The van der Waals surface area contributed by atoms with E-state index in [1.807, 2.05) is 11.8 Å². The SMILES string of the molecule is CCOC(=O)N1CCN(C(=O)C2CCN(CC(C)C)CC2)CC1.O=C(O)C(=O)O. The van der Waals surface area contributed by atoms with Gasteiger partial charge in [-0.1, -0.05) is 13.8 Å². The number of hydrogen-bond acceptors (Lipinski definition) is 6. The van der Waals surface area contributed by atoms with Gasteiger partial charge in [0.05, 0.1) is 6.61 Å². The predicted octanol–water partition coefficient (Wildman–Crippen LogP) is 0.811. The minimum atomic E-state index is -1.82. The normalized spacial score (nSPS) is 18.1. The number of carbonyl (C=O) groups excluding carboxylic acids is 2. The van der Waals surface area contributed by atoms with Gasteiger partial charge in [-0.15, -0.1) is 0 Å². The van der Waals surface area contributed by atoms with E-state index in [0.717, 1.165) is 32.5 Å². The summed E-state index contributed by atoms with van der Waals surface area (Å²) in [6.45, 7) is 12.3. The Balaban J connectivity index is 0.000000612. The largest absolute Gasteiger partial charge is 0.473 e. The second-order valence-electron chi connectivity index (χ2n) is 7.59. The van der Waals surface area contributed by atoms with E-state index >= 15 is 0 Å². The number of rotatable bonds is 4.